The predicted octanol–water partition coefficient (Wildman–Crippen LogP) is 4.57. The van der Waals surface area contributed by atoms with Gasteiger partial charge in [0.05, 0.1) is 24.8 Å². The molecule has 0 saturated carbocycles. The fourth-order valence-corrected chi connectivity index (χ4v) is 6.95. The van der Waals surface area contributed by atoms with Gasteiger partial charge in [-0.3, -0.25) is 14.2 Å². The first-order valence-electron chi connectivity index (χ1n) is 11.4. The van der Waals surface area contributed by atoms with Gasteiger partial charge in [-0.15, -0.1) is 21.5 Å². The van der Waals surface area contributed by atoms with Crippen LogP contribution in [0.25, 0.3) is 16.0 Å². The highest BCUT2D eigenvalue weighted by Gasteiger charge is 2.33. The van der Waals surface area contributed by atoms with Gasteiger partial charge in [0.25, 0.3) is 5.56 Å². The third-order valence-corrected chi connectivity index (χ3v) is 8.86. The molecular formula is C25H28N4O3S2. The van der Waals surface area contributed by atoms with Crippen molar-refractivity contribution in [3.8, 4) is 0 Å². The van der Waals surface area contributed by atoms with Crippen molar-refractivity contribution in [2.24, 2.45) is 11.3 Å². The van der Waals surface area contributed by atoms with Crippen molar-refractivity contribution in [3.05, 3.63) is 56.7 Å². The lowest BCUT2D eigenvalue weighted by atomic mass is 9.72. The molecule has 3 heterocycles. The molecule has 1 atom stereocenters. The Morgan fingerprint density at radius 1 is 1.24 bits per heavy atom. The SMILES string of the molecule is COC(=O)CSc1nnc2n(Cc3ccccc3)c(=O)c3c4c(sc3n12)C[C@@H](C(C)(C)C)CC4. The molecule has 4 aromatic rings. The van der Waals surface area contributed by atoms with E-state index in [-0.39, 0.29) is 22.7 Å². The van der Waals surface area contributed by atoms with Crippen LogP contribution in [0.15, 0.2) is 40.3 Å². The standard InChI is InChI=1S/C25H28N4O3S2/c1-25(2,3)16-10-11-17-18(12-16)34-22-20(17)21(31)28(13-15-8-6-5-7-9-15)23-26-27-24(29(22)23)33-14-19(30)32-4/h5-9,16H,10-14H2,1-4H3/t16-/m0/s1. The van der Waals surface area contributed by atoms with Crippen LogP contribution in [-0.2, 0) is 28.9 Å². The Morgan fingerprint density at radius 3 is 2.71 bits per heavy atom. The first kappa shape index (κ1) is 23.1. The largest absolute Gasteiger partial charge is 0.468 e. The summed E-state index contributed by atoms with van der Waals surface area (Å²) < 4.78 is 8.49. The second-order valence-corrected chi connectivity index (χ2v) is 11.9. The summed E-state index contributed by atoms with van der Waals surface area (Å²) in [6, 6.07) is 9.92. The number of benzene rings is 1. The lowest BCUT2D eigenvalue weighted by Crippen LogP contribution is -2.27. The Balaban J connectivity index is 1.72. The van der Waals surface area contributed by atoms with Crippen LogP contribution < -0.4 is 5.56 Å². The molecule has 0 radical (unpaired) electrons. The number of nitrogens with zero attached hydrogens (tertiary/aromatic N) is 4. The zero-order chi connectivity index (χ0) is 24.0. The molecule has 1 aliphatic carbocycles. The van der Waals surface area contributed by atoms with E-state index < -0.39 is 0 Å². The minimum absolute atomic E-state index is 0.0185. The van der Waals surface area contributed by atoms with Gasteiger partial charge in [0, 0.05) is 4.88 Å². The van der Waals surface area contributed by atoms with E-state index in [0.29, 0.717) is 23.4 Å². The summed E-state index contributed by atoms with van der Waals surface area (Å²) in [5.74, 6) is 0.881. The molecule has 1 aliphatic rings. The summed E-state index contributed by atoms with van der Waals surface area (Å²) in [4.78, 5) is 27.9. The molecule has 34 heavy (non-hydrogen) atoms. The van der Waals surface area contributed by atoms with Crippen molar-refractivity contribution in [1.82, 2.24) is 19.2 Å². The Kier molecular flexibility index (Phi) is 6.02. The smallest absolute Gasteiger partial charge is 0.316 e. The van der Waals surface area contributed by atoms with E-state index in [9.17, 15) is 9.59 Å². The summed E-state index contributed by atoms with van der Waals surface area (Å²) in [5.41, 5.74) is 2.39. The van der Waals surface area contributed by atoms with Crippen LogP contribution in [0.1, 0.15) is 43.2 Å². The van der Waals surface area contributed by atoms with Crippen LogP contribution in [0.3, 0.4) is 0 Å². The topological polar surface area (TPSA) is 78.5 Å². The fraction of sp³-hybridized carbons (Fsp3) is 0.440. The van der Waals surface area contributed by atoms with Crippen LogP contribution in [0.4, 0.5) is 0 Å². The molecule has 0 spiro atoms. The van der Waals surface area contributed by atoms with Gasteiger partial charge in [0.1, 0.15) is 4.83 Å². The Labute approximate surface area is 206 Å². The van der Waals surface area contributed by atoms with Gasteiger partial charge in [0.2, 0.25) is 5.78 Å². The number of hydrogen-bond acceptors (Lipinski definition) is 7. The minimum atomic E-state index is -0.325. The molecule has 3 aromatic heterocycles. The number of methoxy groups -OCH3 is 1. The van der Waals surface area contributed by atoms with Crippen molar-refractivity contribution < 1.29 is 9.53 Å². The fourth-order valence-electron chi connectivity index (χ4n) is 4.71. The van der Waals surface area contributed by atoms with E-state index in [0.717, 1.165) is 35.0 Å². The average molecular weight is 497 g/mol. The molecule has 0 bridgehead atoms. The van der Waals surface area contributed by atoms with Gasteiger partial charge in [-0.2, -0.15) is 0 Å². The number of aryl methyl sites for hydroxylation is 1. The number of carbonyl (C=O) groups is 1. The van der Waals surface area contributed by atoms with Crippen LogP contribution in [0.5, 0.6) is 0 Å². The van der Waals surface area contributed by atoms with E-state index in [1.807, 2.05) is 34.7 Å². The minimum Gasteiger partial charge on any atom is -0.468 e. The van der Waals surface area contributed by atoms with E-state index in [2.05, 4.69) is 31.0 Å². The van der Waals surface area contributed by atoms with Crippen molar-refractivity contribution in [1.29, 1.82) is 0 Å². The van der Waals surface area contributed by atoms with Crippen LogP contribution in [0.2, 0.25) is 0 Å². The number of hydrogen-bond donors (Lipinski definition) is 0. The van der Waals surface area contributed by atoms with Crippen molar-refractivity contribution in [2.75, 3.05) is 12.9 Å². The molecule has 0 aliphatic heterocycles. The number of carbonyl (C=O) groups excluding carboxylic acids is 1. The second-order valence-electron chi connectivity index (χ2n) is 9.85. The Bertz CT molecular complexity index is 1430. The van der Waals surface area contributed by atoms with Crippen LogP contribution >= 0.6 is 23.1 Å². The molecule has 0 saturated heterocycles. The summed E-state index contributed by atoms with van der Waals surface area (Å²) >= 11 is 2.96. The number of fused-ring (bicyclic) bond motifs is 5. The maximum absolute atomic E-state index is 13.9. The van der Waals surface area contributed by atoms with E-state index in [1.54, 1.807) is 15.9 Å². The molecule has 9 heteroatoms. The molecule has 5 rings (SSSR count). The van der Waals surface area contributed by atoms with Gasteiger partial charge in [-0.05, 0) is 41.7 Å². The lowest BCUT2D eigenvalue weighted by molar-refractivity contribution is -0.137. The highest BCUT2D eigenvalue weighted by molar-refractivity contribution is 7.99. The van der Waals surface area contributed by atoms with Gasteiger partial charge in [-0.25, -0.2) is 4.40 Å². The second kappa shape index (κ2) is 8.85. The highest BCUT2D eigenvalue weighted by atomic mass is 32.2. The predicted molar refractivity (Wildman–Crippen MR) is 136 cm³/mol. The van der Waals surface area contributed by atoms with Crippen LogP contribution in [0, 0.1) is 11.3 Å². The molecule has 178 valence electrons. The molecule has 0 amide bonds. The zero-order valence-corrected chi connectivity index (χ0v) is 21.5. The zero-order valence-electron chi connectivity index (χ0n) is 19.8. The van der Waals surface area contributed by atoms with Crippen LogP contribution in [-0.4, -0.2) is 38.0 Å². The number of aromatic nitrogens is 4. The first-order valence-corrected chi connectivity index (χ1v) is 13.2. The molecule has 7 nitrogen and oxygen atoms in total. The monoisotopic (exact) mass is 496 g/mol. The average Bonchev–Trinajstić information content (AvgIpc) is 3.41. The van der Waals surface area contributed by atoms with Gasteiger partial charge in [-0.1, -0.05) is 62.9 Å². The molecule has 0 unspecified atom stereocenters. The molecular weight excluding hydrogens is 468 g/mol. The summed E-state index contributed by atoms with van der Waals surface area (Å²) in [6.45, 7) is 7.29. The van der Waals surface area contributed by atoms with Crippen molar-refractivity contribution >= 4 is 45.1 Å². The maximum Gasteiger partial charge on any atom is 0.316 e. The third kappa shape index (κ3) is 4.05. The summed E-state index contributed by atoms with van der Waals surface area (Å²) in [6.07, 6.45) is 2.95. The van der Waals surface area contributed by atoms with E-state index in [4.69, 9.17) is 4.74 Å². The third-order valence-electron chi connectivity index (χ3n) is 6.72. The normalized spacial score (nSPS) is 16.2. The Hall–Kier alpha value is -2.65. The van der Waals surface area contributed by atoms with Gasteiger partial charge < -0.3 is 4.74 Å². The number of ether oxygens (including phenoxy) is 1. The van der Waals surface area contributed by atoms with Gasteiger partial charge >= 0.3 is 5.97 Å². The summed E-state index contributed by atoms with van der Waals surface area (Å²) in [7, 11) is 1.37. The van der Waals surface area contributed by atoms with E-state index in [1.165, 1.54) is 29.3 Å². The quantitative estimate of drug-likeness (QED) is 0.298. The first-order chi connectivity index (χ1) is 16.3. The number of rotatable bonds is 5. The lowest BCUT2D eigenvalue weighted by Gasteiger charge is -2.33. The number of thiophene rings is 1. The van der Waals surface area contributed by atoms with Gasteiger partial charge in [0.15, 0.2) is 5.16 Å². The maximum atomic E-state index is 13.9. The molecule has 1 aromatic carbocycles. The number of esters is 1. The highest BCUT2D eigenvalue weighted by Crippen LogP contribution is 2.43. The molecule has 0 N–H and O–H groups in total. The number of thioether (sulfide) groups is 1. The van der Waals surface area contributed by atoms with Crippen molar-refractivity contribution in [2.45, 2.75) is 51.7 Å². The summed E-state index contributed by atoms with van der Waals surface area (Å²) in [5, 5.41) is 10.1. The Morgan fingerprint density at radius 2 is 2.00 bits per heavy atom. The van der Waals surface area contributed by atoms with E-state index >= 15 is 0 Å². The molecule has 0 fully saturated rings. The van der Waals surface area contributed by atoms with Crippen molar-refractivity contribution in [3.63, 3.8) is 0 Å².